The Hall–Kier alpha value is -0.830. The summed E-state index contributed by atoms with van der Waals surface area (Å²) >= 11 is 0. The zero-order chi connectivity index (χ0) is 11.0. The molecular weight excluding hydrogens is 176 g/mol. The van der Waals surface area contributed by atoms with Crippen LogP contribution in [0.3, 0.4) is 0 Å². The highest BCUT2D eigenvalue weighted by Gasteiger charge is 2.20. The molecule has 1 N–H and O–H groups in total. The molecule has 1 aliphatic rings. The van der Waals surface area contributed by atoms with Crippen LogP contribution in [0, 0.1) is 0 Å². The van der Waals surface area contributed by atoms with Crippen LogP contribution in [0.4, 0.5) is 0 Å². The van der Waals surface area contributed by atoms with Crippen LogP contribution in [0.25, 0.3) is 0 Å². The second kappa shape index (κ2) is 7.56. The average molecular weight is 200 g/mol. The number of likely N-dealkylation sites (N-methyl/N-ethyl adjacent to an activating group) is 1. The molecule has 1 fully saturated rings. The number of hydrogen-bond acceptors (Lipinski definition) is 2. The van der Waals surface area contributed by atoms with Crippen molar-refractivity contribution in [1.29, 1.82) is 0 Å². The van der Waals surface area contributed by atoms with Crippen LogP contribution in [0.1, 0.15) is 28.1 Å². The summed E-state index contributed by atoms with van der Waals surface area (Å²) < 4.78 is 0. The molecule has 1 atom stereocenters. The predicted molar refractivity (Wildman–Crippen MR) is 62.3 cm³/mol. The molecule has 0 aliphatic carbocycles. The topological polar surface area (TPSA) is 32.3 Å². The van der Waals surface area contributed by atoms with Gasteiger partial charge in [-0.15, -0.1) is 0 Å². The molecule has 1 aliphatic heterocycles. The van der Waals surface area contributed by atoms with E-state index >= 15 is 0 Å². The Morgan fingerprint density at radius 2 is 2.36 bits per heavy atom. The first kappa shape index (κ1) is 13.2. The molecule has 0 aromatic rings. The molecule has 1 heterocycles. The van der Waals surface area contributed by atoms with Crippen LogP contribution >= 0.6 is 0 Å². The molecule has 0 saturated carbocycles. The van der Waals surface area contributed by atoms with Crippen LogP contribution < -0.4 is 5.32 Å². The van der Waals surface area contributed by atoms with Gasteiger partial charge in [-0.05, 0) is 32.5 Å². The van der Waals surface area contributed by atoms with Crippen LogP contribution in [-0.2, 0) is 4.79 Å². The lowest BCUT2D eigenvalue weighted by molar-refractivity contribution is -0.116. The Morgan fingerprint density at radius 1 is 1.71 bits per heavy atom. The number of carbonyl (C=O) groups excluding carboxylic acids is 1. The summed E-state index contributed by atoms with van der Waals surface area (Å²) in [6, 6.07) is 0.522. The summed E-state index contributed by atoms with van der Waals surface area (Å²) in [5, 5.41) is 2.81. The van der Waals surface area contributed by atoms with Gasteiger partial charge in [-0.1, -0.05) is 20.4 Å². The Bertz CT molecular complexity index is 185. The predicted octanol–water partition coefficient (Wildman–Crippen LogP) is 1.65. The van der Waals surface area contributed by atoms with E-state index < -0.39 is 0 Å². The monoisotopic (exact) mass is 200 g/mol. The first-order chi connectivity index (χ1) is 6.74. The van der Waals surface area contributed by atoms with Gasteiger partial charge in [0.15, 0.2) is 0 Å². The molecule has 1 rings (SSSR count). The highest BCUT2D eigenvalue weighted by Crippen LogP contribution is 2.13. The van der Waals surface area contributed by atoms with Crippen molar-refractivity contribution in [2.75, 3.05) is 20.1 Å². The van der Waals surface area contributed by atoms with Crippen LogP contribution in [0.15, 0.2) is 12.7 Å². The van der Waals surface area contributed by atoms with Gasteiger partial charge < -0.3 is 10.2 Å². The van der Waals surface area contributed by atoms with E-state index in [0.29, 0.717) is 6.04 Å². The maximum Gasteiger partial charge on any atom is 0.243 e. The minimum Gasteiger partial charge on any atom is -0.351 e. The number of hydrogen-bond donors (Lipinski definition) is 1. The third-order valence-corrected chi connectivity index (χ3v) is 2.37. The van der Waals surface area contributed by atoms with E-state index in [2.05, 4.69) is 23.8 Å². The number of nitrogens with one attached hydrogen (secondary N) is 1. The number of likely N-dealkylation sites (tertiary alicyclic amines) is 1. The Labute approximate surface area is 88.7 Å². The first-order valence-electron chi connectivity index (χ1n) is 5.34. The molecule has 1 amide bonds. The lowest BCUT2D eigenvalue weighted by Crippen LogP contribution is -2.37. The SMILES string of the molecule is C=CC(=O)NCC1CCCN1C.CC.[HH]. The molecule has 1 saturated heterocycles. The summed E-state index contributed by atoms with van der Waals surface area (Å²) in [6.45, 7) is 9.30. The average Bonchev–Trinajstić information content (AvgIpc) is 2.63. The molecule has 0 aromatic carbocycles. The molecule has 0 spiro atoms. The fourth-order valence-electron chi connectivity index (χ4n) is 1.53. The molecule has 0 aromatic heterocycles. The summed E-state index contributed by atoms with van der Waals surface area (Å²) in [4.78, 5) is 13.1. The molecule has 3 nitrogen and oxygen atoms in total. The Balaban J connectivity index is 0. The fourth-order valence-corrected chi connectivity index (χ4v) is 1.53. The van der Waals surface area contributed by atoms with E-state index in [-0.39, 0.29) is 7.33 Å². The Kier molecular flexibility index (Phi) is 7.11. The van der Waals surface area contributed by atoms with E-state index in [4.69, 9.17) is 0 Å². The molecule has 3 heteroatoms. The number of amides is 1. The van der Waals surface area contributed by atoms with Crippen molar-refractivity contribution in [1.82, 2.24) is 10.2 Å². The lowest BCUT2D eigenvalue weighted by Gasteiger charge is -2.18. The second-order valence-electron chi connectivity index (χ2n) is 3.23. The molecule has 14 heavy (non-hydrogen) atoms. The molecule has 0 radical (unpaired) electrons. The standard InChI is InChI=1S/C9H16N2O.C2H6.H2/c1-3-9(12)10-7-8-5-4-6-11(8)2;1-2;/h3,8H,1,4-7H2,2H3,(H,10,12);1-2H3;1H. The zero-order valence-corrected chi connectivity index (χ0v) is 9.55. The van der Waals surface area contributed by atoms with Crippen LogP contribution in [0.5, 0.6) is 0 Å². The van der Waals surface area contributed by atoms with Crippen LogP contribution in [-0.4, -0.2) is 37.0 Å². The van der Waals surface area contributed by atoms with Gasteiger partial charge in [-0.25, -0.2) is 0 Å². The fraction of sp³-hybridized carbons (Fsp3) is 0.727. The van der Waals surface area contributed by atoms with Crippen molar-refractivity contribution < 1.29 is 6.22 Å². The quantitative estimate of drug-likeness (QED) is 0.703. The van der Waals surface area contributed by atoms with Crippen molar-refractivity contribution in [3.63, 3.8) is 0 Å². The molecular formula is C11H24N2O. The van der Waals surface area contributed by atoms with E-state index in [1.54, 1.807) is 0 Å². The van der Waals surface area contributed by atoms with Gasteiger partial charge in [0.1, 0.15) is 0 Å². The van der Waals surface area contributed by atoms with Crippen molar-refractivity contribution in [3.05, 3.63) is 12.7 Å². The van der Waals surface area contributed by atoms with Gasteiger partial charge in [0.25, 0.3) is 0 Å². The van der Waals surface area contributed by atoms with Crippen molar-refractivity contribution in [2.45, 2.75) is 32.7 Å². The van der Waals surface area contributed by atoms with E-state index in [0.717, 1.165) is 13.1 Å². The normalized spacial score (nSPS) is 20.9. The first-order valence-corrected chi connectivity index (χ1v) is 5.34. The largest absolute Gasteiger partial charge is 0.351 e. The highest BCUT2D eigenvalue weighted by atomic mass is 16.1. The molecule has 84 valence electrons. The number of rotatable bonds is 3. The maximum absolute atomic E-state index is 10.8. The molecule has 0 bridgehead atoms. The minimum atomic E-state index is -0.0738. The summed E-state index contributed by atoms with van der Waals surface area (Å²) in [5.41, 5.74) is 0. The van der Waals surface area contributed by atoms with Gasteiger partial charge in [-0.3, -0.25) is 4.79 Å². The Morgan fingerprint density at radius 3 is 2.79 bits per heavy atom. The van der Waals surface area contributed by atoms with Gasteiger partial charge in [0, 0.05) is 14.0 Å². The molecule has 1 unspecified atom stereocenters. The van der Waals surface area contributed by atoms with Crippen LogP contribution in [0.2, 0.25) is 0 Å². The van der Waals surface area contributed by atoms with E-state index in [1.165, 1.54) is 18.9 Å². The smallest absolute Gasteiger partial charge is 0.243 e. The van der Waals surface area contributed by atoms with Crippen molar-refractivity contribution in [3.8, 4) is 0 Å². The van der Waals surface area contributed by atoms with Gasteiger partial charge in [0.2, 0.25) is 5.91 Å². The van der Waals surface area contributed by atoms with Gasteiger partial charge in [0.05, 0.1) is 0 Å². The zero-order valence-electron chi connectivity index (χ0n) is 9.55. The summed E-state index contributed by atoms with van der Waals surface area (Å²) in [7, 11) is 2.09. The minimum absolute atomic E-state index is 0. The third-order valence-electron chi connectivity index (χ3n) is 2.37. The highest BCUT2D eigenvalue weighted by molar-refractivity contribution is 5.86. The number of carbonyl (C=O) groups is 1. The third kappa shape index (κ3) is 4.42. The van der Waals surface area contributed by atoms with Gasteiger partial charge in [-0.2, -0.15) is 0 Å². The summed E-state index contributed by atoms with van der Waals surface area (Å²) in [5.74, 6) is -0.0738. The number of nitrogens with zero attached hydrogens (tertiary/aromatic N) is 1. The van der Waals surface area contributed by atoms with E-state index in [9.17, 15) is 4.79 Å². The van der Waals surface area contributed by atoms with Crippen molar-refractivity contribution in [2.24, 2.45) is 0 Å². The lowest BCUT2D eigenvalue weighted by atomic mass is 10.2. The van der Waals surface area contributed by atoms with E-state index in [1.807, 2.05) is 13.8 Å². The van der Waals surface area contributed by atoms with Crippen molar-refractivity contribution >= 4 is 5.91 Å². The summed E-state index contributed by atoms with van der Waals surface area (Å²) in [6.07, 6.45) is 3.74. The second-order valence-corrected chi connectivity index (χ2v) is 3.23. The maximum atomic E-state index is 10.8. The van der Waals surface area contributed by atoms with Gasteiger partial charge >= 0.3 is 0 Å².